The molecule has 0 saturated heterocycles. The molecular formula is C33H56O3. The highest BCUT2D eigenvalue weighted by atomic mass is 16.5. The van der Waals surface area contributed by atoms with Crippen LogP contribution in [0, 0.1) is 44.4 Å². The molecule has 1 aliphatic rings. The average Bonchev–Trinajstić information content (AvgIpc) is 2.79. The standard InChI is InChI=1S/C33H56O3/c1-22(2)14-11-15-24(5)16-12-17-25(6)18-13-20-33(10)21-19-29-28(9)30(35-32(34)23(3)4)26(7)27(8)31(29)36-33/h22-25H,11-21H2,1-10H3/t24-,25?,33+/m1/s1. The van der Waals surface area contributed by atoms with Gasteiger partial charge in [0.05, 0.1) is 5.92 Å². The maximum absolute atomic E-state index is 12.3. The molecule has 0 fully saturated rings. The van der Waals surface area contributed by atoms with Crippen molar-refractivity contribution < 1.29 is 14.3 Å². The Morgan fingerprint density at radius 2 is 1.39 bits per heavy atom. The van der Waals surface area contributed by atoms with Crippen LogP contribution in [-0.4, -0.2) is 11.6 Å². The molecule has 0 saturated carbocycles. The average molecular weight is 501 g/mol. The number of ether oxygens (including phenoxy) is 2. The van der Waals surface area contributed by atoms with Crippen LogP contribution in [-0.2, 0) is 11.2 Å². The molecule has 0 spiro atoms. The molecule has 36 heavy (non-hydrogen) atoms. The minimum absolute atomic E-state index is 0.114. The van der Waals surface area contributed by atoms with Gasteiger partial charge < -0.3 is 9.47 Å². The lowest BCUT2D eigenvalue weighted by atomic mass is 9.83. The topological polar surface area (TPSA) is 35.5 Å². The summed E-state index contributed by atoms with van der Waals surface area (Å²) in [5.41, 5.74) is 4.31. The summed E-state index contributed by atoms with van der Waals surface area (Å²) in [4.78, 5) is 12.3. The summed E-state index contributed by atoms with van der Waals surface area (Å²) in [6.07, 6.45) is 13.9. The van der Waals surface area contributed by atoms with Gasteiger partial charge in [-0.15, -0.1) is 0 Å². The van der Waals surface area contributed by atoms with E-state index in [9.17, 15) is 4.79 Å². The Balaban J connectivity index is 1.86. The molecule has 0 radical (unpaired) electrons. The van der Waals surface area contributed by atoms with Crippen LogP contribution < -0.4 is 9.47 Å². The number of carbonyl (C=O) groups excluding carboxylic acids is 1. The van der Waals surface area contributed by atoms with Gasteiger partial charge >= 0.3 is 5.97 Å². The van der Waals surface area contributed by atoms with Crippen molar-refractivity contribution in [1.82, 2.24) is 0 Å². The number of fused-ring (bicyclic) bond motifs is 1. The first kappa shape index (κ1) is 30.7. The number of carbonyl (C=O) groups is 1. The minimum Gasteiger partial charge on any atom is -0.487 e. The maximum atomic E-state index is 12.3. The number of hydrogen-bond acceptors (Lipinski definition) is 3. The van der Waals surface area contributed by atoms with E-state index in [0.717, 1.165) is 65.2 Å². The summed E-state index contributed by atoms with van der Waals surface area (Å²) in [6.45, 7) is 21.8. The van der Waals surface area contributed by atoms with Gasteiger partial charge in [-0.2, -0.15) is 0 Å². The fourth-order valence-electron chi connectivity index (χ4n) is 5.63. The third-order valence-corrected chi connectivity index (χ3v) is 8.51. The Labute approximate surface area is 223 Å². The molecule has 206 valence electrons. The highest BCUT2D eigenvalue weighted by Gasteiger charge is 2.35. The van der Waals surface area contributed by atoms with Gasteiger partial charge in [0.25, 0.3) is 0 Å². The fourth-order valence-corrected chi connectivity index (χ4v) is 5.63. The van der Waals surface area contributed by atoms with Crippen LogP contribution in [0.15, 0.2) is 0 Å². The molecule has 1 aromatic carbocycles. The van der Waals surface area contributed by atoms with Crippen molar-refractivity contribution >= 4 is 5.97 Å². The van der Waals surface area contributed by atoms with E-state index in [0.29, 0.717) is 0 Å². The number of rotatable bonds is 14. The molecule has 0 bridgehead atoms. The summed E-state index contributed by atoms with van der Waals surface area (Å²) >= 11 is 0. The third kappa shape index (κ3) is 8.80. The van der Waals surface area contributed by atoms with Crippen LogP contribution in [0.1, 0.15) is 135 Å². The van der Waals surface area contributed by atoms with E-state index in [4.69, 9.17) is 9.47 Å². The van der Waals surface area contributed by atoms with Crippen molar-refractivity contribution in [3.8, 4) is 11.5 Å². The summed E-state index contributed by atoms with van der Waals surface area (Å²) in [7, 11) is 0. The van der Waals surface area contributed by atoms with Crippen molar-refractivity contribution in [3.05, 3.63) is 22.3 Å². The molecule has 1 unspecified atom stereocenters. The Bertz CT molecular complexity index is 853. The van der Waals surface area contributed by atoms with Crippen molar-refractivity contribution in [2.24, 2.45) is 23.7 Å². The first-order chi connectivity index (χ1) is 16.8. The van der Waals surface area contributed by atoms with E-state index >= 15 is 0 Å². The van der Waals surface area contributed by atoms with Crippen LogP contribution in [0.4, 0.5) is 0 Å². The zero-order chi connectivity index (χ0) is 27.0. The van der Waals surface area contributed by atoms with E-state index in [1.165, 1.54) is 56.9 Å². The van der Waals surface area contributed by atoms with E-state index in [2.05, 4.69) is 48.5 Å². The van der Waals surface area contributed by atoms with Gasteiger partial charge in [0, 0.05) is 5.56 Å². The molecule has 1 heterocycles. The Kier molecular flexibility index (Phi) is 11.8. The second-order valence-corrected chi connectivity index (χ2v) is 13.0. The molecule has 3 nitrogen and oxygen atoms in total. The third-order valence-electron chi connectivity index (χ3n) is 8.51. The van der Waals surface area contributed by atoms with Crippen LogP contribution in [0.3, 0.4) is 0 Å². The Hall–Kier alpha value is -1.51. The highest BCUT2D eigenvalue weighted by molar-refractivity contribution is 5.76. The van der Waals surface area contributed by atoms with Gasteiger partial charge in [0.2, 0.25) is 0 Å². The predicted octanol–water partition coefficient (Wildman–Crippen LogP) is 9.70. The van der Waals surface area contributed by atoms with Gasteiger partial charge in [-0.3, -0.25) is 4.79 Å². The first-order valence-electron chi connectivity index (χ1n) is 14.9. The molecule has 2 rings (SSSR count). The number of esters is 1. The molecule has 0 N–H and O–H groups in total. The summed E-state index contributed by atoms with van der Waals surface area (Å²) in [6, 6.07) is 0. The molecule has 3 atom stereocenters. The van der Waals surface area contributed by atoms with E-state index in [1.807, 2.05) is 20.8 Å². The molecule has 0 amide bonds. The summed E-state index contributed by atoms with van der Waals surface area (Å²) in [5, 5.41) is 0. The van der Waals surface area contributed by atoms with E-state index in [-0.39, 0.29) is 17.5 Å². The summed E-state index contributed by atoms with van der Waals surface area (Å²) < 4.78 is 12.5. The van der Waals surface area contributed by atoms with Gasteiger partial charge in [-0.25, -0.2) is 0 Å². The summed E-state index contributed by atoms with van der Waals surface area (Å²) in [5.74, 6) is 3.95. The van der Waals surface area contributed by atoms with Gasteiger partial charge in [0.1, 0.15) is 17.1 Å². The zero-order valence-corrected chi connectivity index (χ0v) is 25.3. The molecular weight excluding hydrogens is 444 g/mol. The largest absolute Gasteiger partial charge is 0.487 e. The van der Waals surface area contributed by atoms with Crippen LogP contribution >= 0.6 is 0 Å². The van der Waals surface area contributed by atoms with Crippen LogP contribution in [0.25, 0.3) is 0 Å². The monoisotopic (exact) mass is 500 g/mol. The van der Waals surface area contributed by atoms with Crippen LogP contribution in [0.5, 0.6) is 11.5 Å². The van der Waals surface area contributed by atoms with Crippen molar-refractivity contribution in [2.75, 3.05) is 0 Å². The molecule has 0 aromatic heterocycles. The zero-order valence-electron chi connectivity index (χ0n) is 25.3. The minimum atomic E-state index is -0.170. The predicted molar refractivity (Wildman–Crippen MR) is 153 cm³/mol. The quantitative estimate of drug-likeness (QED) is 0.188. The lowest BCUT2D eigenvalue weighted by Crippen LogP contribution is -2.37. The lowest BCUT2D eigenvalue weighted by molar-refractivity contribution is -0.137. The first-order valence-corrected chi connectivity index (χ1v) is 14.9. The molecule has 1 aliphatic heterocycles. The van der Waals surface area contributed by atoms with Gasteiger partial charge in [-0.05, 0) is 87.8 Å². The van der Waals surface area contributed by atoms with Crippen molar-refractivity contribution in [3.63, 3.8) is 0 Å². The smallest absolute Gasteiger partial charge is 0.313 e. The molecule has 0 aliphatic carbocycles. The fraction of sp³-hybridized carbons (Fsp3) is 0.788. The van der Waals surface area contributed by atoms with Gasteiger partial charge in [-0.1, -0.05) is 86.5 Å². The van der Waals surface area contributed by atoms with E-state index < -0.39 is 0 Å². The van der Waals surface area contributed by atoms with Crippen molar-refractivity contribution in [2.45, 2.75) is 145 Å². The number of benzene rings is 1. The Morgan fingerprint density at radius 1 is 0.833 bits per heavy atom. The highest BCUT2D eigenvalue weighted by Crippen LogP contribution is 2.45. The van der Waals surface area contributed by atoms with E-state index in [1.54, 1.807) is 0 Å². The van der Waals surface area contributed by atoms with Gasteiger partial charge in [0.15, 0.2) is 0 Å². The van der Waals surface area contributed by atoms with Crippen molar-refractivity contribution in [1.29, 1.82) is 0 Å². The normalized spacial score (nSPS) is 19.2. The number of hydrogen-bond donors (Lipinski definition) is 0. The Morgan fingerprint density at radius 3 is 1.94 bits per heavy atom. The second kappa shape index (κ2) is 13.9. The maximum Gasteiger partial charge on any atom is 0.313 e. The van der Waals surface area contributed by atoms with Crippen LogP contribution in [0.2, 0.25) is 0 Å². The SMILES string of the molecule is Cc1c(C)c2c(c(C)c1OC(=O)C(C)C)CC[C@](C)(CCCC(C)CCC[C@H](C)CCCC(C)C)O2. The lowest BCUT2D eigenvalue weighted by Gasteiger charge is -2.38. The molecule has 1 aromatic rings. The molecule has 3 heteroatoms. The second-order valence-electron chi connectivity index (χ2n) is 13.0.